The van der Waals surface area contributed by atoms with E-state index in [2.05, 4.69) is 15.4 Å². The molecule has 6 aromatic carbocycles. The Kier molecular flexibility index (Phi) is 21.4. The Hall–Kier alpha value is -9.81. The van der Waals surface area contributed by atoms with Crippen molar-refractivity contribution < 1.29 is 88.3 Å². The number of carbonyl (C=O) groups excluding carboxylic acids is 7. The molecule has 0 aliphatic carbocycles. The zero-order valence-corrected chi connectivity index (χ0v) is 52.4. The summed E-state index contributed by atoms with van der Waals surface area (Å²) in [6.45, 7) is 11.4. The molecule has 1 fully saturated rings. The minimum Gasteiger partial charge on any atom is -0.471 e. The minimum atomic E-state index is -4.99. The number of ether oxygens (including phenoxy) is 6. The maximum Gasteiger partial charge on any atom is 0.417 e. The zero-order chi connectivity index (χ0) is 67.6. The summed E-state index contributed by atoms with van der Waals surface area (Å²) >= 11 is 0. The second-order valence-corrected chi connectivity index (χ2v) is 23.6. The Morgan fingerprint density at radius 3 is 1.43 bits per heavy atom. The fraction of sp³-hybridized carbons (Fsp3) is 0.368. The Morgan fingerprint density at radius 2 is 1.03 bits per heavy atom. The minimum absolute atomic E-state index is 0.00659. The molecule has 25 heteroatoms. The molecular formula is C68H72F6N6O13. The van der Waals surface area contributed by atoms with E-state index in [4.69, 9.17) is 23.7 Å². The van der Waals surface area contributed by atoms with Crippen LogP contribution in [0.3, 0.4) is 0 Å². The van der Waals surface area contributed by atoms with Crippen LogP contribution in [0.4, 0.5) is 52.1 Å². The van der Waals surface area contributed by atoms with Crippen LogP contribution in [0.15, 0.2) is 146 Å². The summed E-state index contributed by atoms with van der Waals surface area (Å²) in [5, 5.41) is 5.14. The molecule has 0 bridgehead atoms. The monoisotopic (exact) mass is 1290 g/mol. The number of piperidine rings is 1. The number of benzene rings is 6. The van der Waals surface area contributed by atoms with E-state index in [1.165, 1.54) is 33.4 Å². The van der Waals surface area contributed by atoms with Crippen LogP contribution < -0.4 is 29.9 Å². The van der Waals surface area contributed by atoms with Gasteiger partial charge in [0.15, 0.2) is 0 Å². The molecule has 1 saturated heterocycles. The third-order valence-corrected chi connectivity index (χ3v) is 15.5. The number of alkyl halides is 6. The summed E-state index contributed by atoms with van der Waals surface area (Å²) in [6.07, 6.45) is -11.0. The standard InChI is InChI=1S/C40H47F3N4O7.C28H25F3N2O6/c1-26(2)47(29-18-13-20-45(24-29)37(51)54-38(3,4)5)34(48)30-22-32-33(23-31(30)40(41,42)43)53-39(6,28-16-11-8-12-17-28)35(49)46(32)21-19-44-36(50)52-25-27-14-9-7-10-15-27;1-27(19-11-7-4-8-12-19)25(35)33(14-13-32-26(36)38-17-18-9-5-3-6-10-18)22-15-20(24(34)37-2)21(28(29,30)31)16-23(22)39-27/h7-12,14-17,22-23,26,29H,13,18-21,24-25H2,1-6H3,(H,44,50);3-12,15-16H,13-14,17H2,1-2H3,(H,32,36)/t29-,39+;27-/m10/s1. The van der Waals surface area contributed by atoms with E-state index in [-0.39, 0.29) is 68.8 Å². The van der Waals surface area contributed by atoms with Gasteiger partial charge in [-0.1, -0.05) is 121 Å². The van der Waals surface area contributed by atoms with Crippen molar-refractivity contribution in [3.8, 4) is 11.5 Å². The van der Waals surface area contributed by atoms with Gasteiger partial charge in [0.2, 0.25) is 11.2 Å². The Morgan fingerprint density at radius 1 is 0.624 bits per heavy atom. The number of amides is 6. The fourth-order valence-corrected chi connectivity index (χ4v) is 11.0. The number of nitrogens with zero attached hydrogens (tertiary/aromatic N) is 4. The molecule has 0 aromatic heterocycles. The number of hydrogen-bond acceptors (Lipinski definition) is 13. The van der Waals surface area contributed by atoms with Gasteiger partial charge in [-0.2, -0.15) is 26.3 Å². The maximum atomic E-state index is 14.9. The number of rotatable bonds is 16. The van der Waals surface area contributed by atoms with Gasteiger partial charge in [-0.25, -0.2) is 19.2 Å². The van der Waals surface area contributed by atoms with Gasteiger partial charge in [0.25, 0.3) is 17.7 Å². The lowest BCUT2D eigenvalue weighted by Gasteiger charge is -2.43. The summed E-state index contributed by atoms with van der Waals surface area (Å²) in [4.78, 5) is 97.8. The van der Waals surface area contributed by atoms with E-state index >= 15 is 0 Å². The number of halogens is 6. The van der Waals surface area contributed by atoms with Crippen LogP contribution in [0.1, 0.15) is 115 Å². The van der Waals surface area contributed by atoms with Crippen molar-refractivity contribution in [1.82, 2.24) is 20.4 Å². The molecule has 0 saturated carbocycles. The topological polar surface area (TPSA) is 212 Å². The first-order chi connectivity index (χ1) is 43.9. The van der Waals surface area contributed by atoms with Gasteiger partial charge >= 0.3 is 36.6 Å². The molecule has 9 rings (SSSR count). The molecule has 3 aliphatic heterocycles. The van der Waals surface area contributed by atoms with Crippen LogP contribution in [0.5, 0.6) is 11.5 Å². The van der Waals surface area contributed by atoms with Crippen molar-refractivity contribution in [2.75, 3.05) is 56.2 Å². The number of anilines is 2. The van der Waals surface area contributed by atoms with E-state index in [0.29, 0.717) is 36.6 Å². The molecule has 494 valence electrons. The lowest BCUT2D eigenvalue weighted by Crippen LogP contribution is -2.55. The van der Waals surface area contributed by atoms with Crippen LogP contribution in [-0.2, 0) is 65.3 Å². The van der Waals surface area contributed by atoms with Gasteiger partial charge in [0, 0.05) is 56.4 Å². The van der Waals surface area contributed by atoms with E-state index < -0.39 is 105 Å². The van der Waals surface area contributed by atoms with Gasteiger partial charge < -0.3 is 58.7 Å². The molecule has 0 unspecified atom stereocenters. The summed E-state index contributed by atoms with van der Waals surface area (Å²) < 4.78 is 119. The molecular weight excluding hydrogens is 1220 g/mol. The molecule has 6 amide bonds. The highest BCUT2D eigenvalue weighted by Gasteiger charge is 2.51. The van der Waals surface area contributed by atoms with Gasteiger partial charge in [-0.15, -0.1) is 0 Å². The lowest BCUT2D eigenvalue weighted by molar-refractivity contribution is -0.139. The van der Waals surface area contributed by atoms with Gasteiger partial charge in [-0.3, -0.25) is 14.4 Å². The van der Waals surface area contributed by atoms with Gasteiger partial charge in [0.1, 0.15) is 30.3 Å². The number of carbonyl (C=O) groups is 7. The lowest BCUT2D eigenvalue weighted by atomic mass is 9.91. The third-order valence-electron chi connectivity index (χ3n) is 15.5. The van der Waals surface area contributed by atoms with E-state index in [0.717, 1.165) is 36.4 Å². The predicted molar refractivity (Wildman–Crippen MR) is 329 cm³/mol. The summed E-state index contributed by atoms with van der Waals surface area (Å²) in [6, 6.07) is 36.9. The predicted octanol–water partition coefficient (Wildman–Crippen LogP) is 12.6. The Balaban J connectivity index is 0.000000252. The first kappa shape index (κ1) is 69.1. The average molecular weight is 1300 g/mol. The Bertz CT molecular complexity index is 3670. The fourth-order valence-electron chi connectivity index (χ4n) is 11.0. The molecule has 3 atom stereocenters. The van der Waals surface area contributed by atoms with Crippen LogP contribution >= 0.6 is 0 Å². The molecule has 2 N–H and O–H groups in total. The van der Waals surface area contributed by atoms with Crippen LogP contribution in [0, 0.1) is 0 Å². The quantitative estimate of drug-likeness (QED) is 0.0525. The molecule has 6 aromatic rings. The van der Waals surface area contributed by atoms with Crippen molar-refractivity contribution >= 4 is 53.3 Å². The van der Waals surface area contributed by atoms with E-state index in [1.54, 1.807) is 144 Å². The highest BCUT2D eigenvalue weighted by molar-refractivity contribution is 6.07. The zero-order valence-electron chi connectivity index (χ0n) is 52.4. The van der Waals surface area contributed by atoms with Crippen molar-refractivity contribution in [3.63, 3.8) is 0 Å². The molecule has 3 heterocycles. The number of nitrogens with one attached hydrogen (secondary N) is 2. The number of hydrogen-bond donors (Lipinski definition) is 2. The summed E-state index contributed by atoms with van der Waals surface area (Å²) in [5.41, 5.74) is -5.92. The largest absolute Gasteiger partial charge is 0.471 e. The molecule has 93 heavy (non-hydrogen) atoms. The SMILES string of the molecule is CC(C)N(C(=O)c1cc2c(cc1C(F)(F)F)O[C@@](C)(c1ccccc1)C(=O)N2CCNC(=O)OCc1ccccc1)[C@@H]1CCCN(C(=O)OC(C)(C)C)C1.COC(=O)c1cc2c(cc1C(F)(F)F)O[C@@](C)(c1ccccc1)C(=O)N2CCNC(=O)OCc1ccccc1. The van der Waals surface area contributed by atoms with Crippen LogP contribution in [0.25, 0.3) is 0 Å². The maximum absolute atomic E-state index is 14.9. The normalized spacial score (nSPS) is 17.9. The molecule has 0 spiro atoms. The summed E-state index contributed by atoms with van der Waals surface area (Å²) in [5.74, 6) is -3.87. The first-order valence-electron chi connectivity index (χ1n) is 29.8. The second kappa shape index (κ2) is 28.8. The molecule has 0 radical (unpaired) electrons. The van der Waals surface area contributed by atoms with Gasteiger partial charge in [-0.05, 0) is 96.7 Å². The van der Waals surface area contributed by atoms with E-state index in [1.807, 2.05) is 12.1 Å². The van der Waals surface area contributed by atoms with Crippen molar-refractivity contribution in [2.24, 2.45) is 0 Å². The highest BCUT2D eigenvalue weighted by Crippen LogP contribution is 2.49. The molecule has 3 aliphatic rings. The number of esters is 1. The number of methoxy groups -OCH3 is 1. The number of likely N-dealkylation sites (tertiary alicyclic amines) is 1. The Labute approximate surface area is 533 Å². The van der Waals surface area contributed by atoms with E-state index in [9.17, 15) is 59.9 Å². The van der Waals surface area contributed by atoms with Crippen LogP contribution in [0.2, 0.25) is 0 Å². The molecule has 19 nitrogen and oxygen atoms in total. The summed E-state index contributed by atoms with van der Waals surface area (Å²) in [7, 11) is 0.957. The van der Waals surface area contributed by atoms with Crippen molar-refractivity contribution in [2.45, 2.75) is 116 Å². The van der Waals surface area contributed by atoms with Crippen molar-refractivity contribution in [3.05, 3.63) is 190 Å². The van der Waals surface area contributed by atoms with Crippen LogP contribution in [-0.4, -0.2) is 116 Å². The van der Waals surface area contributed by atoms with Gasteiger partial charge in [0.05, 0.1) is 46.8 Å². The average Bonchev–Trinajstić information content (AvgIpc) is 0.742. The van der Waals surface area contributed by atoms with Crippen molar-refractivity contribution in [1.29, 1.82) is 0 Å². The smallest absolute Gasteiger partial charge is 0.417 e. The highest BCUT2D eigenvalue weighted by atomic mass is 19.4. The number of alkyl carbamates (subject to hydrolysis) is 2. The third kappa shape index (κ3) is 16.5. The second-order valence-electron chi connectivity index (χ2n) is 23.6. The first-order valence-corrected chi connectivity index (χ1v) is 29.8. The number of fused-ring (bicyclic) bond motifs is 2.